The molecule has 2 rings (SSSR count). The molecule has 0 aromatic heterocycles. The van der Waals surface area contributed by atoms with Crippen LogP contribution in [-0.2, 0) is 0 Å². The van der Waals surface area contributed by atoms with Gasteiger partial charge in [0.1, 0.15) is 5.60 Å². The Labute approximate surface area is 124 Å². The van der Waals surface area contributed by atoms with E-state index in [1.165, 1.54) is 13.8 Å². The highest BCUT2D eigenvalue weighted by Gasteiger charge is 2.25. The average molecular weight is 282 g/mol. The van der Waals surface area contributed by atoms with E-state index >= 15 is 0 Å². The van der Waals surface area contributed by atoms with Gasteiger partial charge >= 0.3 is 0 Å². The van der Waals surface area contributed by atoms with E-state index in [0.717, 1.165) is 5.56 Å². The minimum atomic E-state index is -1.41. The first-order valence-corrected chi connectivity index (χ1v) is 6.77. The lowest BCUT2D eigenvalue weighted by atomic mass is 9.94. The minimum Gasteiger partial charge on any atom is -0.382 e. The second-order valence-corrected chi connectivity index (χ2v) is 5.66. The summed E-state index contributed by atoms with van der Waals surface area (Å²) in [5.41, 5.74) is 1.14. The summed E-state index contributed by atoms with van der Waals surface area (Å²) < 4.78 is 0. The van der Waals surface area contributed by atoms with Gasteiger partial charge in [-0.1, -0.05) is 48.0 Å². The molecule has 0 fully saturated rings. The molecular formula is C18H18O3. The Morgan fingerprint density at radius 3 is 2.00 bits per heavy atom. The van der Waals surface area contributed by atoms with Gasteiger partial charge in [0.05, 0.1) is 0 Å². The highest BCUT2D eigenvalue weighted by Crippen LogP contribution is 2.16. The number of hydrogen-bond acceptors (Lipinski definition) is 3. The van der Waals surface area contributed by atoms with E-state index in [9.17, 15) is 14.7 Å². The number of rotatable bonds is 4. The Balaban J connectivity index is 2.27. The van der Waals surface area contributed by atoms with Crippen LogP contribution < -0.4 is 0 Å². The Morgan fingerprint density at radius 2 is 1.48 bits per heavy atom. The van der Waals surface area contributed by atoms with Gasteiger partial charge in [0.15, 0.2) is 11.6 Å². The summed E-state index contributed by atoms with van der Waals surface area (Å²) in [4.78, 5) is 24.3. The average Bonchev–Trinajstić information content (AvgIpc) is 2.45. The van der Waals surface area contributed by atoms with Crippen molar-refractivity contribution in [2.75, 3.05) is 0 Å². The van der Waals surface area contributed by atoms with Crippen LogP contribution in [0.1, 0.15) is 45.7 Å². The summed E-state index contributed by atoms with van der Waals surface area (Å²) in [6.45, 7) is 4.82. The van der Waals surface area contributed by atoms with E-state index in [1.807, 2.05) is 25.1 Å². The Hall–Kier alpha value is -2.26. The van der Waals surface area contributed by atoms with Gasteiger partial charge in [-0.25, -0.2) is 0 Å². The van der Waals surface area contributed by atoms with Crippen molar-refractivity contribution >= 4 is 11.6 Å². The molecule has 0 atom stereocenters. The molecule has 0 amide bonds. The van der Waals surface area contributed by atoms with Crippen molar-refractivity contribution < 1.29 is 14.7 Å². The van der Waals surface area contributed by atoms with Crippen molar-refractivity contribution in [2.24, 2.45) is 0 Å². The van der Waals surface area contributed by atoms with Crippen LogP contribution in [0.15, 0.2) is 48.5 Å². The Kier molecular flexibility index (Phi) is 4.05. The van der Waals surface area contributed by atoms with Gasteiger partial charge in [0.2, 0.25) is 0 Å². The summed E-state index contributed by atoms with van der Waals surface area (Å²) in [5, 5.41) is 9.71. The fourth-order valence-corrected chi connectivity index (χ4v) is 2.08. The normalized spacial score (nSPS) is 11.2. The minimum absolute atomic E-state index is 0.0824. The van der Waals surface area contributed by atoms with E-state index in [-0.39, 0.29) is 11.6 Å². The smallest absolute Gasteiger partial charge is 0.193 e. The fraction of sp³-hybridized carbons (Fsp3) is 0.222. The highest BCUT2D eigenvalue weighted by atomic mass is 16.3. The molecule has 0 radical (unpaired) electrons. The van der Waals surface area contributed by atoms with Crippen LogP contribution in [-0.4, -0.2) is 22.3 Å². The van der Waals surface area contributed by atoms with Crippen molar-refractivity contribution in [2.45, 2.75) is 26.4 Å². The number of ketones is 2. The van der Waals surface area contributed by atoms with Gasteiger partial charge in [-0.15, -0.1) is 0 Å². The molecule has 108 valence electrons. The topological polar surface area (TPSA) is 54.4 Å². The predicted molar refractivity (Wildman–Crippen MR) is 81.7 cm³/mol. The molecule has 0 saturated heterocycles. The predicted octanol–water partition coefficient (Wildman–Crippen LogP) is 3.18. The lowest BCUT2D eigenvalue weighted by molar-refractivity contribution is 0.0488. The molecule has 0 aliphatic carbocycles. The molecular weight excluding hydrogens is 264 g/mol. The summed E-state index contributed by atoms with van der Waals surface area (Å²) in [6.07, 6.45) is 0. The monoisotopic (exact) mass is 282 g/mol. The number of carbonyl (C=O) groups is 2. The maximum Gasteiger partial charge on any atom is 0.193 e. The third-order valence-corrected chi connectivity index (χ3v) is 3.25. The van der Waals surface area contributed by atoms with Crippen molar-refractivity contribution in [1.82, 2.24) is 0 Å². The van der Waals surface area contributed by atoms with Gasteiger partial charge in [-0.3, -0.25) is 9.59 Å². The van der Waals surface area contributed by atoms with Crippen LogP contribution in [0.3, 0.4) is 0 Å². The van der Waals surface area contributed by atoms with E-state index in [4.69, 9.17) is 0 Å². The maximum atomic E-state index is 12.3. The molecule has 0 saturated carbocycles. The molecule has 0 aliphatic heterocycles. The molecule has 2 aromatic rings. The van der Waals surface area contributed by atoms with E-state index in [0.29, 0.717) is 16.7 Å². The number of Topliss-reactive ketones (excluding diaryl/α,β-unsaturated/α-hetero) is 1. The van der Waals surface area contributed by atoms with Crippen molar-refractivity contribution in [1.29, 1.82) is 0 Å². The second-order valence-electron chi connectivity index (χ2n) is 5.66. The SMILES string of the molecule is Cc1cccc(C(=O)c2ccc(C(=O)C(C)(C)O)cc2)c1. The highest BCUT2D eigenvalue weighted by molar-refractivity contribution is 6.10. The number of carbonyl (C=O) groups excluding carboxylic acids is 2. The molecule has 3 heteroatoms. The number of aryl methyl sites for hydroxylation is 1. The van der Waals surface area contributed by atoms with Crippen LogP contribution >= 0.6 is 0 Å². The first-order valence-electron chi connectivity index (χ1n) is 6.77. The van der Waals surface area contributed by atoms with Gasteiger partial charge in [-0.2, -0.15) is 0 Å². The van der Waals surface area contributed by atoms with E-state index < -0.39 is 5.60 Å². The van der Waals surface area contributed by atoms with Gasteiger partial charge in [0.25, 0.3) is 0 Å². The Bertz CT molecular complexity index is 676. The van der Waals surface area contributed by atoms with Crippen molar-refractivity contribution in [3.63, 3.8) is 0 Å². The van der Waals surface area contributed by atoms with Gasteiger partial charge in [-0.05, 0) is 26.8 Å². The molecule has 3 nitrogen and oxygen atoms in total. The van der Waals surface area contributed by atoms with Crippen LogP contribution in [0.5, 0.6) is 0 Å². The van der Waals surface area contributed by atoms with Crippen LogP contribution in [0.25, 0.3) is 0 Å². The molecule has 0 heterocycles. The summed E-state index contributed by atoms with van der Waals surface area (Å²) in [5.74, 6) is -0.446. The molecule has 1 N–H and O–H groups in total. The van der Waals surface area contributed by atoms with Crippen LogP contribution in [0.2, 0.25) is 0 Å². The number of aliphatic hydroxyl groups is 1. The first kappa shape index (κ1) is 15.1. The molecule has 0 unspecified atom stereocenters. The maximum absolute atomic E-state index is 12.3. The largest absolute Gasteiger partial charge is 0.382 e. The summed E-state index contributed by atoms with van der Waals surface area (Å²) in [7, 11) is 0. The molecule has 21 heavy (non-hydrogen) atoms. The lowest BCUT2D eigenvalue weighted by Crippen LogP contribution is -2.31. The van der Waals surface area contributed by atoms with Crippen molar-refractivity contribution in [3.05, 3.63) is 70.8 Å². The summed E-state index contributed by atoms with van der Waals surface area (Å²) in [6, 6.07) is 13.8. The zero-order valence-corrected chi connectivity index (χ0v) is 12.4. The molecule has 0 bridgehead atoms. The van der Waals surface area contributed by atoms with E-state index in [1.54, 1.807) is 30.3 Å². The second kappa shape index (κ2) is 5.62. The number of hydrogen-bond donors (Lipinski definition) is 1. The Morgan fingerprint density at radius 1 is 0.905 bits per heavy atom. The zero-order chi connectivity index (χ0) is 15.6. The van der Waals surface area contributed by atoms with Crippen LogP contribution in [0.4, 0.5) is 0 Å². The molecule has 0 aliphatic rings. The molecule has 0 spiro atoms. The summed E-state index contributed by atoms with van der Waals surface area (Å²) >= 11 is 0. The van der Waals surface area contributed by atoms with Gasteiger partial charge < -0.3 is 5.11 Å². The van der Waals surface area contributed by atoms with E-state index in [2.05, 4.69) is 0 Å². The lowest BCUT2D eigenvalue weighted by Gasteiger charge is -2.15. The third kappa shape index (κ3) is 3.44. The molecule has 2 aromatic carbocycles. The quantitative estimate of drug-likeness (QED) is 0.876. The fourth-order valence-electron chi connectivity index (χ4n) is 2.08. The van der Waals surface area contributed by atoms with Crippen LogP contribution in [0, 0.1) is 6.92 Å². The zero-order valence-electron chi connectivity index (χ0n) is 12.4. The van der Waals surface area contributed by atoms with Gasteiger partial charge in [0, 0.05) is 16.7 Å². The van der Waals surface area contributed by atoms with Crippen molar-refractivity contribution in [3.8, 4) is 0 Å². The third-order valence-electron chi connectivity index (χ3n) is 3.25. The standard InChI is InChI=1S/C18H18O3/c1-12-5-4-6-15(11-12)16(19)13-7-9-14(10-8-13)17(20)18(2,3)21/h4-11,21H,1-3H3. The number of benzene rings is 2. The first-order chi connectivity index (χ1) is 9.79.